The Balaban J connectivity index is 2.20. The van der Waals surface area contributed by atoms with Crippen LogP contribution in [0.25, 0.3) is 11.3 Å². The number of carboxylic acids is 1. The number of benzene rings is 1. The third-order valence-electron chi connectivity index (χ3n) is 4.42. The molecule has 156 valence electrons. The monoisotopic (exact) mass is 419 g/mol. The number of amides is 1. The maximum absolute atomic E-state index is 12.7. The maximum Gasteiger partial charge on any atom is 0.303 e. The number of carbonyl (C=O) groups excluding carboxylic acids is 1. The minimum absolute atomic E-state index is 0.0140. The molecule has 0 atom stereocenters. The van der Waals surface area contributed by atoms with Gasteiger partial charge in [-0.1, -0.05) is 43.5 Å². The first-order valence-electron chi connectivity index (χ1n) is 9.76. The fourth-order valence-electron chi connectivity index (χ4n) is 2.88. The third kappa shape index (κ3) is 7.34. The Bertz CT molecular complexity index is 894. The summed E-state index contributed by atoms with van der Waals surface area (Å²) in [5, 5.41) is 11.9. The zero-order valence-electron chi connectivity index (χ0n) is 16.5. The molecule has 0 unspecified atom stereocenters. The molecule has 0 saturated carbocycles. The zero-order chi connectivity index (χ0) is 21.2. The normalized spacial score (nSPS) is 10.7. The average Bonchev–Trinajstić information content (AvgIpc) is 2.68. The van der Waals surface area contributed by atoms with Gasteiger partial charge in [0, 0.05) is 36.0 Å². The number of aliphatic carboxylic acids is 1. The van der Waals surface area contributed by atoms with E-state index in [-0.39, 0.29) is 31.0 Å². The summed E-state index contributed by atoms with van der Waals surface area (Å²) < 4.78 is 1.39. The molecule has 2 rings (SSSR count). The van der Waals surface area contributed by atoms with Crippen molar-refractivity contribution >= 4 is 23.5 Å². The second-order valence-electron chi connectivity index (χ2n) is 6.79. The lowest BCUT2D eigenvalue weighted by Gasteiger charge is -2.14. The second-order valence-corrected chi connectivity index (χ2v) is 7.23. The molecule has 0 aliphatic carbocycles. The molecule has 7 nitrogen and oxygen atoms in total. The highest BCUT2D eigenvalue weighted by Gasteiger charge is 2.13. The summed E-state index contributed by atoms with van der Waals surface area (Å²) in [6.45, 7) is 2.21. The molecule has 1 aromatic heterocycles. The number of carbonyl (C=O) groups is 2. The van der Waals surface area contributed by atoms with Gasteiger partial charge >= 0.3 is 5.97 Å². The van der Waals surface area contributed by atoms with Crippen molar-refractivity contribution in [2.24, 2.45) is 0 Å². The Kier molecular flexibility index (Phi) is 8.86. The van der Waals surface area contributed by atoms with Crippen LogP contribution >= 0.6 is 11.6 Å². The summed E-state index contributed by atoms with van der Waals surface area (Å²) in [7, 11) is 0. The van der Waals surface area contributed by atoms with Gasteiger partial charge in [0.05, 0.1) is 5.69 Å². The summed E-state index contributed by atoms with van der Waals surface area (Å²) in [5.41, 5.74) is 1.04. The lowest BCUT2D eigenvalue weighted by molar-refractivity contribution is -0.137. The molecule has 0 fully saturated rings. The quantitative estimate of drug-likeness (QED) is 0.544. The molecule has 0 bridgehead atoms. The topological polar surface area (TPSA) is 101 Å². The van der Waals surface area contributed by atoms with E-state index < -0.39 is 5.97 Å². The fraction of sp³-hybridized carbons (Fsp3) is 0.429. The van der Waals surface area contributed by atoms with Crippen molar-refractivity contribution in [3.8, 4) is 11.3 Å². The number of nitrogens with one attached hydrogen (secondary N) is 1. The van der Waals surface area contributed by atoms with Crippen LogP contribution in [0.1, 0.15) is 44.9 Å². The van der Waals surface area contributed by atoms with Crippen LogP contribution in [0.3, 0.4) is 0 Å². The fourth-order valence-corrected chi connectivity index (χ4v) is 3.01. The number of unbranched alkanes of at least 4 members (excludes halogenated alkanes) is 2. The van der Waals surface area contributed by atoms with E-state index in [0.717, 1.165) is 24.8 Å². The van der Waals surface area contributed by atoms with Crippen LogP contribution in [0, 0.1) is 0 Å². The predicted molar refractivity (Wildman–Crippen MR) is 112 cm³/mol. The van der Waals surface area contributed by atoms with Gasteiger partial charge in [-0.15, -0.1) is 0 Å². The molecule has 8 heteroatoms. The van der Waals surface area contributed by atoms with Crippen LogP contribution in [-0.2, 0) is 22.6 Å². The molecule has 1 aromatic carbocycles. The van der Waals surface area contributed by atoms with Crippen LogP contribution in [0.5, 0.6) is 0 Å². The van der Waals surface area contributed by atoms with Crippen LogP contribution < -0.4 is 10.9 Å². The molecular formula is C21H26ClN3O4. The van der Waals surface area contributed by atoms with E-state index in [1.54, 1.807) is 24.3 Å². The predicted octanol–water partition coefficient (Wildman–Crippen LogP) is 3.28. The summed E-state index contributed by atoms with van der Waals surface area (Å²) in [4.78, 5) is 40.1. The molecule has 29 heavy (non-hydrogen) atoms. The van der Waals surface area contributed by atoms with Gasteiger partial charge in [-0.25, -0.2) is 4.98 Å². The molecule has 1 heterocycles. The van der Waals surface area contributed by atoms with E-state index in [1.807, 2.05) is 0 Å². The van der Waals surface area contributed by atoms with Gasteiger partial charge in [0.1, 0.15) is 12.4 Å². The highest BCUT2D eigenvalue weighted by Crippen LogP contribution is 2.19. The highest BCUT2D eigenvalue weighted by molar-refractivity contribution is 6.30. The first-order valence-corrected chi connectivity index (χ1v) is 10.1. The van der Waals surface area contributed by atoms with E-state index in [2.05, 4.69) is 17.2 Å². The lowest BCUT2D eigenvalue weighted by atomic mass is 10.1. The number of hydrogen-bond donors (Lipinski definition) is 2. The maximum atomic E-state index is 12.7. The Morgan fingerprint density at radius 1 is 1.17 bits per heavy atom. The third-order valence-corrected chi connectivity index (χ3v) is 4.67. The smallest absolute Gasteiger partial charge is 0.303 e. The molecule has 0 aliphatic heterocycles. The van der Waals surface area contributed by atoms with Crippen molar-refractivity contribution in [2.75, 3.05) is 6.54 Å². The van der Waals surface area contributed by atoms with Crippen molar-refractivity contribution in [3.05, 3.63) is 51.5 Å². The van der Waals surface area contributed by atoms with Crippen molar-refractivity contribution in [1.29, 1.82) is 0 Å². The van der Waals surface area contributed by atoms with Crippen molar-refractivity contribution in [2.45, 2.75) is 52.0 Å². The van der Waals surface area contributed by atoms with Gasteiger partial charge < -0.3 is 10.4 Å². The number of nitrogens with zero attached hydrogens (tertiary/aromatic N) is 2. The van der Waals surface area contributed by atoms with E-state index in [4.69, 9.17) is 16.7 Å². The van der Waals surface area contributed by atoms with E-state index in [0.29, 0.717) is 29.4 Å². The first-order chi connectivity index (χ1) is 13.9. The van der Waals surface area contributed by atoms with E-state index in [1.165, 1.54) is 10.6 Å². The van der Waals surface area contributed by atoms with Crippen LogP contribution in [-0.4, -0.2) is 33.1 Å². The Labute approximate surface area is 174 Å². The van der Waals surface area contributed by atoms with Crippen molar-refractivity contribution < 1.29 is 14.7 Å². The molecule has 1 amide bonds. The van der Waals surface area contributed by atoms with Crippen LogP contribution in [0.2, 0.25) is 5.02 Å². The number of aryl methyl sites for hydroxylation is 1. The Hall–Kier alpha value is -2.67. The standard InChI is InChI=1S/C21H26ClN3O4/c1-2-3-4-6-18-24-17(15-8-10-16(22)11-9-15)13-20(27)25(18)14-19(26)23-12-5-7-21(28)29/h8-11,13H,2-7,12,14H2,1H3,(H,23,26)(H,28,29). The summed E-state index contributed by atoms with van der Waals surface area (Å²) in [6, 6.07) is 8.51. The summed E-state index contributed by atoms with van der Waals surface area (Å²) in [5.74, 6) is -0.678. The van der Waals surface area contributed by atoms with Gasteiger partial charge in [-0.05, 0) is 25.0 Å². The average molecular weight is 420 g/mol. The molecule has 0 spiro atoms. The van der Waals surface area contributed by atoms with Crippen molar-refractivity contribution in [3.63, 3.8) is 0 Å². The molecular weight excluding hydrogens is 394 g/mol. The number of hydrogen-bond acceptors (Lipinski definition) is 4. The molecule has 2 aromatic rings. The SMILES string of the molecule is CCCCCc1nc(-c2ccc(Cl)cc2)cc(=O)n1CC(=O)NCCCC(=O)O. The van der Waals surface area contributed by atoms with Gasteiger partial charge in [0.15, 0.2) is 0 Å². The van der Waals surface area contributed by atoms with Gasteiger partial charge in [0.2, 0.25) is 5.91 Å². The number of rotatable bonds is 11. The largest absolute Gasteiger partial charge is 0.481 e. The first kappa shape index (κ1) is 22.6. The minimum atomic E-state index is -0.907. The van der Waals surface area contributed by atoms with Crippen LogP contribution in [0.4, 0.5) is 0 Å². The Morgan fingerprint density at radius 2 is 1.90 bits per heavy atom. The number of halogens is 1. The highest BCUT2D eigenvalue weighted by atomic mass is 35.5. The van der Waals surface area contributed by atoms with E-state index >= 15 is 0 Å². The zero-order valence-corrected chi connectivity index (χ0v) is 17.2. The van der Waals surface area contributed by atoms with Crippen LogP contribution in [0.15, 0.2) is 35.1 Å². The molecule has 0 saturated heterocycles. The van der Waals surface area contributed by atoms with E-state index in [9.17, 15) is 14.4 Å². The molecule has 2 N–H and O–H groups in total. The second kappa shape index (κ2) is 11.4. The Morgan fingerprint density at radius 3 is 2.55 bits per heavy atom. The minimum Gasteiger partial charge on any atom is -0.481 e. The number of aromatic nitrogens is 2. The van der Waals surface area contributed by atoms with Crippen molar-refractivity contribution in [1.82, 2.24) is 14.9 Å². The lowest BCUT2D eigenvalue weighted by Crippen LogP contribution is -2.35. The number of carboxylic acid groups (broad SMARTS) is 1. The summed E-state index contributed by atoms with van der Waals surface area (Å²) in [6.07, 6.45) is 3.82. The summed E-state index contributed by atoms with van der Waals surface area (Å²) >= 11 is 5.93. The molecule has 0 aliphatic rings. The van der Waals surface area contributed by atoms with Gasteiger partial charge in [0.25, 0.3) is 5.56 Å². The molecule has 0 radical (unpaired) electrons. The van der Waals surface area contributed by atoms with Gasteiger partial charge in [-0.3, -0.25) is 19.0 Å². The van der Waals surface area contributed by atoms with Gasteiger partial charge in [-0.2, -0.15) is 0 Å².